The molecule has 0 aliphatic rings. The van der Waals surface area contributed by atoms with Gasteiger partial charge in [-0.25, -0.2) is 0 Å². The van der Waals surface area contributed by atoms with Gasteiger partial charge in [-0.05, 0) is 35.4 Å². The molecule has 1 aromatic rings. The molecule has 0 heterocycles. The van der Waals surface area contributed by atoms with Crippen LogP contribution in [0.3, 0.4) is 0 Å². The maximum Gasteiger partial charge on any atom is 0.0248 e. The summed E-state index contributed by atoms with van der Waals surface area (Å²) < 4.78 is 0. The zero-order valence-electron chi connectivity index (χ0n) is 11.0. The number of unbranched alkanes of at least 4 members (excludes halogenated alkanes) is 3. The fourth-order valence-corrected chi connectivity index (χ4v) is 1.79. The summed E-state index contributed by atoms with van der Waals surface area (Å²) in [6, 6.07) is 6.29. The summed E-state index contributed by atoms with van der Waals surface area (Å²) >= 11 is 0. The van der Waals surface area contributed by atoms with Crippen molar-refractivity contribution in [3.63, 3.8) is 0 Å². The topological polar surface area (TPSA) is 0 Å². The molecular formula is C17H22. The van der Waals surface area contributed by atoms with E-state index >= 15 is 0 Å². The molecule has 0 heteroatoms. The highest BCUT2D eigenvalue weighted by Crippen LogP contribution is 1.95. The van der Waals surface area contributed by atoms with Crippen LogP contribution < -0.4 is 10.4 Å². The zero-order valence-corrected chi connectivity index (χ0v) is 11.0. The lowest BCUT2D eigenvalue weighted by atomic mass is 10.1. The standard InChI is InChI=1S/C17H22/c1-4-7-9-11-17-14-15(6-3)12-13-16(17)10-8-5-2/h3,10-14H,4-5,7-9H2,1-2H3/b16-10+,17-11-. The predicted octanol–water partition coefficient (Wildman–Crippen LogP) is 3.22. The highest BCUT2D eigenvalue weighted by Gasteiger charge is 1.90. The molecule has 0 atom stereocenters. The third kappa shape index (κ3) is 4.49. The summed E-state index contributed by atoms with van der Waals surface area (Å²) in [5, 5.41) is 2.62. The average Bonchev–Trinajstić information content (AvgIpc) is 2.37. The minimum absolute atomic E-state index is 0.974. The fraction of sp³-hybridized carbons (Fsp3) is 0.412. The molecule has 17 heavy (non-hydrogen) atoms. The molecule has 0 fully saturated rings. The molecule has 0 nitrogen and oxygen atoms in total. The van der Waals surface area contributed by atoms with E-state index in [0.29, 0.717) is 0 Å². The van der Waals surface area contributed by atoms with Crippen LogP contribution in [0.15, 0.2) is 18.2 Å². The first-order valence-electron chi connectivity index (χ1n) is 6.58. The molecule has 0 aromatic heterocycles. The second-order valence-electron chi connectivity index (χ2n) is 4.33. The van der Waals surface area contributed by atoms with Gasteiger partial charge >= 0.3 is 0 Å². The first kappa shape index (κ1) is 13.6. The van der Waals surface area contributed by atoms with Gasteiger partial charge in [0.2, 0.25) is 0 Å². The van der Waals surface area contributed by atoms with Crippen LogP contribution in [0.25, 0.3) is 12.2 Å². The van der Waals surface area contributed by atoms with E-state index in [2.05, 4.69) is 44.1 Å². The van der Waals surface area contributed by atoms with Gasteiger partial charge in [-0.2, -0.15) is 0 Å². The Kier molecular flexibility index (Phi) is 6.18. The van der Waals surface area contributed by atoms with Gasteiger partial charge in [0.1, 0.15) is 0 Å². The fourth-order valence-electron chi connectivity index (χ4n) is 1.79. The molecule has 0 aliphatic carbocycles. The monoisotopic (exact) mass is 226 g/mol. The molecule has 0 saturated carbocycles. The van der Waals surface area contributed by atoms with Crippen molar-refractivity contribution in [2.75, 3.05) is 0 Å². The molecule has 0 saturated heterocycles. The van der Waals surface area contributed by atoms with Gasteiger partial charge in [0, 0.05) is 5.56 Å². The van der Waals surface area contributed by atoms with Gasteiger partial charge in [-0.15, -0.1) is 6.42 Å². The smallest absolute Gasteiger partial charge is 0.0248 e. The largest absolute Gasteiger partial charge is 0.115 e. The van der Waals surface area contributed by atoms with E-state index < -0.39 is 0 Å². The highest BCUT2D eigenvalue weighted by atomic mass is 13.9. The number of terminal acetylenes is 1. The minimum atomic E-state index is 0.974. The van der Waals surface area contributed by atoms with Crippen molar-refractivity contribution in [3.8, 4) is 12.3 Å². The molecule has 90 valence electrons. The lowest BCUT2D eigenvalue weighted by Gasteiger charge is -1.96. The van der Waals surface area contributed by atoms with E-state index in [1.807, 2.05) is 6.07 Å². The lowest BCUT2D eigenvalue weighted by molar-refractivity contribution is 0.833. The van der Waals surface area contributed by atoms with Gasteiger partial charge in [-0.1, -0.05) is 57.2 Å². The molecule has 1 rings (SSSR count). The molecule has 0 radical (unpaired) electrons. The molecular weight excluding hydrogens is 204 g/mol. The van der Waals surface area contributed by atoms with Crippen molar-refractivity contribution >= 4 is 12.2 Å². The van der Waals surface area contributed by atoms with E-state index in [1.54, 1.807) is 0 Å². The van der Waals surface area contributed by atoms with E-state index in [0.717, 1.165) is 18.4 Å². The first-order valence-corrected chi connectivity index (χ1v) is 6.58. The summed E-state index contributed by atoms with van der Waals surface area (Å²) in [4.78, 5) is 0. The molecule has 0 amide bonds. The molecule has 0 aliphatic heterocycles. The van der Waals surface area contributed by atoms with E-state index in [1.165, 1.54) is 29.7 Å². The van der Waals surface area contributed by atoms with Gasteiger partial charge in [-0.3, -0.25) is 0 Å². The van der Waals surface area contributed by atoms with Gasteiger partial charge in [0.05, 0.1) is 0 Å². The summed E-state index contributed by atoms with van der Waals surface area (Å²) in [6.07, 6.45) is 16.0. The highest BCUT2D eigenvalue weighted by molar-refractivity contribution is 5.39. The second kappa shape index (κ2) is 7.74. The Morgan fingerprint density at radius 2 is 1.82 bits per heavy atom. The molecule has 0 N–H and O–H groups in total. The Morgan fingerprint density at radius 3 is 2.47 bits per heavy atom. The second-order valence-corrected chi connectivity index (χ2v) is 4.33. The summed E-state index contributed by atoms with van der Waals surface area (Å²) in [6.45, 7) is 4.42. The van der Waals surface area contributed by atoms with Crippen LogP contribution in [-0.2, 0) is 0 Å². The van der Waals surface area contributed by atoms with E-state index in [4.69, 9.17) is 6.42 Å². The third-order valence-electron chi connectivity index (χ3n) is 2.83. The Hall–Kier alpha value is -1.48. The quantitative estimate of drug-likeness (QED) is 0.534. The number of rotatable bonds is 5. The Labute approximate surface area is 105 Å². The predicted molar refractivity (Wildman–Crippen MR) is 77.0 cm³/mol. The van der Waals surface area contributed by atoms with Crippen molar-refractivity contribution in [1.29, 1.82) is 0 Å². The van der Waals surface area contributed by atoms with Crippen molar-refractivity contribution in [3.05, 3.63) is 34.2 Å². The minimum Gasteiger partial charge on any atom is -0.115 e. The van der Waals surface area contributed by atoms with Crippen LogP contribution in [0.2, 0.25) is 0 Å². The van der Waals surface area contributed by atoms with Gasteiger partial charge < -0.3 is 0 Å². The zero-order chi connectivity index (χ0) is 12.5. The average molecular weight is 226 g/mol. The van der Waals surface area contributed by atoms with Crippen LogP contribution in [0, 0.1) is 12.3 Å². The van der Waals surface area contributed by atoms with Gasteiger partial charge in [0.15, 0.2) is 0 Å². The molecule has 0 unspecified atom stereocenters. The van der Waals surface area contributed by atoms with Gasteiger partial charge in [0.25, 0.3) is 0 Å². The van der Waals surface area contributed by atoms with Crippen LogP contribution in [0.5, 0.6) is 0 Å². The third-order valence-corrected chi connectivity index (χ3v) is 2.83. The van der Waals surface area contributed by atoms with E-state index in [9.17, 15) is 0 Å². The van der Waals surface area contributed by atoms with Crippen molar-refractivity contribution < 1.29 is 0 Å². The normalized spacial score (nSPS) is 12.8. The van der Waals surface area contributed by atoms with Crippen molar-refractivity contribution in [2.24, 2.45) is 0 Å². The summed E-state index contributed by atoms with van der Waals surface area (Å²) in [5.41, 5.74) is 0.974. The maximum absolute atomic E-state index is 5.45. The lowest BCUT2D eigenvalue weighted by Crippen LogP contribution is -2.24. The van der Waals surface area contributed by atoms with E-state index in [-0.39, 0.29) is 0 Å². The number of hydrogen-bond donors (Lipinski definition) is 0. The van der Waals surface area contributed by atoms with Crippen LogP contribution in [0.1, 0.15) is 51.5 Å². The SMILES string of the molecule is C#Cc1ccc(=C\CCC)/c(=C\CCCC)c1. The van der Waals surface area contributed by atoms with Crippen LogP contribution in [-0.4, -0.2) is 0 Å². The number of hydrogen-bond acceptors (Lipinski definition) is 0. The summed E-state index contributed by atoms with van der Waals surface area (Å²) in [5.74, 6) is 2.71. The van der Waals surface area contributed by atoms with Crippen LogP contribution >= 0.6 is 0 Å². The molecule has 0 bridgehead atoms. The first-order chi connectivity index (χ1) is 8.31. The van der Waals surface area contributed by atoms with Crippen molar-refractivity contribution in [1.82, 2.24) is 0 Å². The van der Waals surface area contributed by atoms with Crippen LogP contribution in [0.4, 0.5) is 0 Å². The Balaban J connectivity index is 3.13. The Bertz CT molecular complexity index is 486. The molecule has 1 aromatic carbocycles. The van der Waals surface area contributed by atoms with Crippen molar-refractivity contribution in [2.45, 2.75) is 46.0 Å². The Morgan fingerprint density at radius 1 is 1.06 bits per heavy atom. The maximum atomic E-state index is 5.45. The number of benzene rings is 1. The molecule has 0 spiro atoms. The summed E-state index contributed by atoms with van der Waals surface area (Å²) in [7, 11) is 0.